The topological polar surface area (TPSA) is 75.7 Å². The van der Waals surface area contributed by atoms with Crippen molar-refractivity contribution in [3.05, 3.63) is 16.5 Å². The van der Waals surface area contributed by atoms with Gasteiger partial charge in [0.2, 0.25) is 5.91 Å². The number of nitrogens with zero attached hydrogens (tertiary/aromatic N) is 1. The van der Waals surface area contributed by atoms with Gasteiger partial charge in [0, 0.05) is 19.0 Å². The summed E-state index contributed by atoms with van der Waals surface area (Å²) in [4.78, 5) is 39.1. The van der Waals surface area contributed by atoms with Crippen molar-refractivity contribution >= 4 is 34.1 Å². The normalized spacial score (nSPS) is 20.2. The predicted octanol–water partition coefficient (Wildman–Crippen LogP) is 2.82. The Morgan fingerprint density at radius 3 is 2.72 bits per heavy atom. The molecule has 1 aliphatic carbocycles. The Balaban J connectivity index is 1.66. The van der Waals surface area contributed by atoms with Crippen molar-refractivity contribution < 1.29 is 19.1 Å². The number of ether oxygens (including phenoxy) is 1. The lowest BCUT2D eigenvalue weighted by Gasteiger charge is -2.31. The monoisotopic (exact) mass is 364 g/mol. The zero-order chi connectivity index (χ0) is 18.0. The third kappa shape index (κ3) is 4.21. The first-order valence-electron chi connectivity index (χ1n) is 8.86. The molecule has 25 heavy (non-hydrogen) atoms. The highest BCUT2D eigenvalue weighted by Gasteiger charge is 2.32. The molecule has 6 nitrogen and oxygen atoms in total. The Bertz CT molecular complexity index is 681. The van der Waals surface area contributed by atoms with Gasteiger partial charge < -0.3 is 15.0 Å². The number of carbonyl (C=O) groups is 3. The van der Waals surface area contributed by atoms with Gasteiger partial charge in [-0.25, -0.2) is 0 Å². The van der Waals surface area contributed by atoms with E-state index >= 15 is 0 Å². The molecule has 1 aromatic heterocycles. The Hall–Kier alpha value is -1.89. The number of carbonyl (C=O) groups excluding carboxylic acids is 3. The smallest absolute Gasteiger partial charge is 0.310 e. The molecule has 2 fully saturated rings. The molecule has 1 unspecified atom stereocenters. The van der Waals surface area contributed by atoms with Crippen LogP contribution in [0.15, 0.2) is 6.07 Å². The summed E-state index contributed by atoms with van der Waals surface area (Å²) in [5.74, 6) is -0.356. The number of aryl methyl sites for hydroxylation is 1. The maximum Gasteiger partial charge on any atom is 0.310 e. The highest BCUT2D eigenvalue weighted by atomic mass is 32.1. The average Bonchev–Trinajstić information content (AvgIpc) is 3.39. The first kappa shape index (κ1) is 17.9. The van der Waals surface area contributed by atoms with Crippen LogP contribution in [0.3, 0.4) is 0 Å². The van der Waals surface area contributed by atoms with Crippen LogP contribution in [-0.4, -0.2) is 42.4 Å². The summed E-state index contributed by atoms with van der Waals surface area (Å²) < 4.78 is 5.09. The van der Waals surface area contributed by atoms with Crippen LogP contribution in [0.25, 0.3) is 0 Å². The Morgan fingerprint density at radius 2 is 2.04 bits per heavy atom. The van der Waals surface area contributed by atoms with Gasteiger partial charge in [-0.2, -0.15) is 0 Å². The Morgan fingerprint density at radius 1 is 1.28 bits per heavy atom. The van der Waals surface area contributed by atoms with Gasteiger partial charge in [-0.15, -0.1) is 11.3 Å². The minimum atomic E-state index is -0.244. The van der Waals surface area contributed by atoms with Gasteiger partial charge in [-0.3, -0.25) is 14.4 Å². The number of amides is 2. The lowest BCUT2D eigenvalue weighted by molar-refractivity contribution is -0.149. The number of piperidine rings is 1. The molecule has 1 saturated carbocycles. The van der Waals surface area contributed by atoms with Crippen molar-refractivity contribution in [2.75, 3.05) is 25.0 Å². The van der Waals surface area contributed by atoms with E-state index in [9.17, 15) is 14.4 Å². The largest absolute Gasteiger partial charge is 0.466 e. The predicted molar refractivity (Wildman–Crippen MR) is 95.7 cm³/mol. The fourth-order valence-electron chi connectivity index (χ4n) is 3.08. The number of thiophene rings is 1. The highest BCUT2D eigenvalue weighted by Crippen LogP contribution is 2.33. The van der Waals surface area contributed by atoms with Crippen LogP contribution in [0.4, 0.5) is 5.00 Å². The first-order valence-corrected chi connectivity index (χ1v) is 9.68. The van der Waals surface area contributed by atoms with Crippen molar-refractivity contribution in [2.24, 2.45) is 11.8 Å². The Labute approximate surface area is 151 Å². The van der Waals surface area contributed by atoms with Crippen molar-refractivity contribution in [3.63, 3.8) is 0 Å². The minimum Gasteiger partial charge on any atom is -0.466 e. The van der Waals surface area contributed by atoms with E-state index in [0.717, 1.165) is 36.2 Å². The summed E-state index contributed by atoms with van der Waals surface area (Å²) in [5.41, 5.74) is 0.861. The SMILES string of the molecule is CCOC(=O)C1CCCN(C(=O)c2sc(NC(=O)C3CC3)cc2C)C1. The van der Waals surface area contributed by atoms with E-state index in [1.165, 1.54) is 11.3 Å². The molecule has 0 aromatic carbocycles. The lowest BCUT2D eigenvalue weighted by Crippen LogP contribution is -2.42. The van der Waals surface area contributed by atoms with Gasteiger partial charge in [-0.05, 0) is 51.2 Å². The molecular weight excluding hydrogens is 340 g/mol. The van der Waals surface area contributed by atoms with Crippen LogP contribution in [0, 0.1) is 18.8 Å². The molecule has 2 aliphatic rings. The van der Waals surface area contributed by atoms with Crippen molar-refractivity contribution in [3.8, 4) is 0 Å². The molecule has 0 spiro atoms. The summed E-state index contributed by atoms with van der Waals surface area (Å²) >= 11 is 1.32. The molecule has 1 aliphatic heterocycles. The molecule has 7 heteroatoms. The zero-order valence-corrected chi connectivity index (χ0v) is 15.5. The van der Waals surface area contributed by atoms with Crippen molar-refractivity contribution in [2.45, 2.75) is 39.5 Å². The number of hydrogen-bond donors (Lipinski definition) is 1. The van der Waals surface area contributed by atoms with E-state index in [0.29, 0.717) is 24.6 Å². The quantitative estimate of drug-likeness (QED) is 0.815. The number of nitrogens with one attached hydrogen (secondary N) is 1. The van der Waals surface area contributed by atoms with E-state index in [1.807, 2.05) is 13.0 Å². The summed E-state index contributed by atoms with van der Waals surface area (Å²) in [7, 11) is 0. The van der Waals surface area contributed by atoms with Crippen molar-refractivity contribution in [1.82, 2.24) is 4.90 Å². The third-order valence-corrected chi connectivity index (χ3v) is 5.78. The second kappa shape index (κ2) is 7.56. The summed E-state index contributed by atoms with van der Waals surface area (Å²) in [5, 5.41) is 3.62. The van der Waals surface area contributed by atoms with Crippen LogP contribution in [0.1, 0.15) is 47.8 Å². The molecule has 0 bridgehead atoms. The van der Waals surface area contributed by atoms with E-state index in [2.05, 4.69) is 5.32 Å². The van der Waals surface area contributed by atoms with Gasteiger partial charge in [-0.1, -0.05) is 0 Å². The average molecular weight is 364 g/mol. The van der Waals surface area contributed by atoms with Gasteiger partial charge >= 0.3 is 5.97 Å². The molecule has 1 aromatic rings. The highest BCUT2D eigenvalue weighted by molar-refractivity contribution is 7.18. The number of anilines is 1. The van der Waals surface area contributed by atoms with E-state index in [4.69, 9.17) is 4.74 Å². The number of hydrogen-bond acceptors (Lipinski definition) is 5. The van der Waals surface area contributed by atoms with E-state index in [-0.39, 0.29) is 29.6 Å². The standard InChI is InChI=1S/C18H24N2O4S/c1-3-24-18(23)13-5-4-8-20(10-13)17(22)15-11(2)9-14(25-15)19-16(21)12-6-7-12/h9,12-13H,3-8,10H2,1-2H3,(H,19,21). The second-order valence-electron chi connectivity index (χ2n) is 6.73. The van der Waals surface area contributed by atoms with Crippen LogP contribution in [-0.2, 0) is 14.3 Å². The molecule has 0 radical (unpaired) electrons. The fraction of sp³-hybridized carbons (Fsp3) is 0.611. The van der Waals surface area contributed by atoms with Crippen molar-refractivity contribution in [1.29, 1.82) is 0 Å². The maximum absolute atomic E-state index is 12.9. The molecule has 2 amide bonds. The molecule has 136 valence electrons. The minimum absolute atomic E-state index is 0.0422. The van der Waals surface area contributed by atoms with Crippen LogP contribution < -0.4 is 5.32 Å². The van der Waals surface area contributed by atoms with Gasteiger partial charge in [0.05, 0.1) is 22.4 Å². The van der Waals surface area contributed by atoms with E-state index in [1.54, 1.807) is 11.8 Å². The zero-order valence-electron chi connectivity index (χ0n) is 14.7. The second-order valence-corrected chi connectivity index (χ2v) is 7.78. The number of likely N-dealkylation sites (tertiary alicyclic amines) is 1. The molecular formula is C18H24N2O4S. The van der Waals surface area contributed by atoms with Gasteiger partial charge in [0.1, 0.15) is 0 Å². The van der Waals surface area contributed by atoms with Crippen LogP contribution in [0.2, 0.25) is 0 Å². The maximum atomic E-state index is 12.9. The fourth-order valence-corrected chi connectivity index (χ4v) is 4.13. The summed E-state index contributed by atoms with van der Waals surface area (Å²) in [6, 6.07) is 1.85. The number of rotatable bonds is 5. The van der Waals surface area contributed by atoms with Crippen LogP contribution >= 0.6 is 11.3 Å². The first-order chi connectivity index (χ1) is 12.0. The van der Waals surface area contributed by atoms with E-state index < -0.39 is 0 Å². The molecule has 1 atom stereocenters. The summed E-state index contributed by atoms with van der Waals surface area (Å²) in [6.45, 7) is 5.07. The Kier molecular flexibility index (Phi) is 5.42. The lowest BCUT2D eigenvalue weighted by atomic mass is 9.98. The summed E-state index contributed by atoms with van der Waals surface area (Å²) in [6.07, 6.45) is 3.45. The van der Waals surface area contributed by atoms with Gasteiger partial charge in [0.15, 0.2) is 0 Å². The van der Waals surface area contributed by atoms with Crippen LogP contribution in [0.5, 0.6) is 0 Å². The van der Waals surface area contributed by atoms with Gasteiger partial charge in [0.25, 0.3) is 5.91 Å². The third-order valence-electron chi connectivity index (χ3n) is 4.64. The molecule has 1 saturated heterocycles. The number of esters is 1. The molecule has 2 heterocycles. The molecule has 3 rings (SSSR count). The molecule has 1 N–H and O–H groups in total.